The van der Waals surface area contributed by atoms with Gasteiger partial charge in [-0.2, -0.15) is 5.10 Å². The van der Waals surface area contributed by atoms with Crippen molar-refractivity contribution >= 4 is 23.2 Å². The molecule has 0 saturated heterocycles. The van der Waals surface area contributed by atoms with Crippen LogP contribution >= 0.6 is 11.6 Å². The first kappa shape index (κ1) is 14.4. The van der Waals surface area contributed by atoms with Gasteiger partial charge in [0.15, 0.2) is 0 Å². The van der Waals surface area contributed by atoms with Crippen LogP contribution in [0.3, 0.4) is 0 Å². The Morgan fingerprint density at radius 2 is 1.95 bits per heavy atom. The van der Waals surface area contributed by atoms with E-state index in [4.69, 9.17) is 11.6 Å². The number of carbonyl (C=O) groups is 1. The zero-order valence-corrected chi connectivity index (χ0v) is 12.7. The van der Waals surface area contributed by atoms with E-state index in [9.17, 15) is 4.79 Å². The van der Waals surface area contributed by atoms with E-state index >= 15 is 0 Å². The molecule has 0 radical (unpaired) electrons. The van der Waals surface area contributed by atoms with E-state index < -0.39 is 0 Å². The summed E-state index contributed by atoms with van der Waals surface area (Å²) in [5, 5.41) is 10.3. The van der Waals surface area contributed by atoms with Crippen LogP contribution in [-0.2, 0) is 0 Å². The Balaban J connectivity index is 1.87. The number of halogens is 1. The number of aryl methyl sites for hydroxylation is 1. The van der Waals surface area contributed by atoms with Crippen molar-refractivity contribution < 1.29 is 4.79 Å². The molecular weight excluding hydrogens is 298 g/mol. The number of amides is 1. The van der Waals surface area contributed by atoms with Gasteiger partial charge in [0.1, 0.15) is 0 Å². The maximum atomic E-state index is 12.5. The third kappa shape index (κ3) is 2.87. The first-order valence-corrected chi connectivity index (χ1v) is 7.19. The molecule has 2 N–H and O–H groups in total. The number of H-pyrrole nitrogens is 1. The smallest absolute Gasteiger partial charge is 0.259 e. The van der Waals surface area contributed by atoms with Crippen LogP contribution in [0.4, 0.5) is 5.69 Å². The number of aromatic nitrogens is 2. The number of hydrogen-bond acceptors (Lipinski definition) is 2. The molecule has 4 nitrogen and oxygen atoms in total. The lowest BCUT2D eigenvalue weighted by molar-refractivity contribution is 0.102. The second kappa shape index (κ2) is 6.03. The molecule has 3 rings (SSSR count). The largest absolute Gasteiger partial charge is 0.322 e. The Hall–Kier alpha value is -2.59. The zero-order valence-electron chi connectivity index (χ0n) is 11.9. The van der Waals surface area contributed by atoms with Crippen molar-refractivity contribution in [1.29, 1.82) is 0 Å². The molecule has 22 heavy (non-hydrogen) atoms. The number of hydrogen-bond donors (Lipinski definition) is 2. The van der Waals surface area contributed by atoms with Gasteiger partial charge in [-0.1, -0.05) is 48.0 Å². The summed E-state index contributed by atoms with van der Waals surface area (Å²) in [6, 6.07) is 15.0. The highest BCUT2D eigenvalue weighted by atomic mass is 35.5. The summed E-state index contributed by atoms with van der Waals surface area (Å²) in [7, 11) is 0. The molecule has 5 heteroatoms. The minimum absolute atomic E-state index is 0.229. The maximum Gasteiger partial charge on any atom is 0.259 e. The van der Waals surface area contributed by atoms with Gasteiger partial charge in [0.05, 0.1) is 17.5 Å². The third-order valence-electron chi connectivity index (χ3n) is 3.38. The molecule has 0 atom stereocenters. The summed E-state index contributed by atoms with van der Waals surface area (Å²) in [6.07, 6.45) is 1.52. The van der Waals surface area contributed by atoms with Crippen LogP contribution in [0.2, 0.25) is 5.02 Å². The van der Waals surface area contributed by atoms with E-state index in [2.05, 4.69) is 15.5 Å². The quantitative estimate of drug-likeness (QED) is 0.758. The van der Waals surface area contributed by atoms with Gasteiger partial charge in [-0.25, -0.2) is 0 Å². The number of anilines is 1. The van der Waals surface area contributed by atoms with E-state index in [-0.39, 0.29) is 5.91 Å². The van der Waals surface area contributed by atoms with Crippen molar-refractivity contribution in [3.63, 3.8) is 0 Å². The maximum absolute atomic E-state index is 12.5. The molecule has 0 aliphatic carbocycles. The second-order valence-corrected chi connectivity index (χ2v) is 5.35. The molecule has 0 unspecified atom stereocenters. The Morgan fingerprint density at radius 3 is 2.68 bits per heavy atom. The molecule has 1 aromatic heterocycles. The molecule has 1 heterocycles. The fourth-order valence-electron chi connectivity index (χ4n) is 2.15. The standard InChI is InChI=1S/C17H14ClN3O/c1-11-7-8-13(9-15(11)18)20-17(22)14-10-19-21-16(14)12-5-3-2-4-6-12/h2-10H,1H3,(H,19,21)(H,20,22). The monoisotopic (exact) mass is 311 g/mol. The first-order valence-electron chi connectivity index (χ1n) is 6.81. The summed E-state index contributed by atoms with van der Waals surface area (Å²) < 4.78 is 0. The molecule has 0 spiro atoms. The number of carbonyl (C=O) groups excluding carboxylic acids is 1. The summed E-state index contributed by atoms with van der Waals surface area (Å²) in [5.74, 6) is -0.229. The number of nitrogens with zero attached hydrogens (tertiary/aromatic N) is 1. The highest BCUT2D eigenvalue weighted by molar-refractivity contribution is 6.31. The number of benzene rings is 2. The van der Waals surface area contributed by atoms with Gasteiger partial charge in [0.2, 0.25) is 0 Å². The van der Waals surface area contributed by atoms with Crippen LogP contribution in [-0.4, -0.2) is 16.1 Å². The van der Waals surface area contributed by atoms with Gasteiger partial charge >= 0.3 is 0 Å². The van der Waals surface area contributed by atoms with Gasteiger partial charge in [-0.15, -0.1) is 0 Å². The van der Waals surface area contributed by atoms with Gasteiger partial charge in [0, 0.05) is 16.3 Å². The molecule has 0 saturated carbocycles. The van der Waals surface area contributed by atoms with E-state index in [0.717, 1.165) is 11.1 Å². The summed E-state index contributed by atoms with van der Waals surface area (Å²) in [5.41, 5.74) is 3.71. The van der Waals surface area contributed by atoms with Gasteiger partial charge in [-0.3, -0.25) is 9.89 Å². The van der Waals surface area contributed by atoms with Crippen molar-refractivity contribution in [2.75, 3.05) is 5.32 Å². The number of rotatable bonds is 3. The van der Waals surface area contributed by atoms with Crippen LogP contribution in [0.5, 0.6) is 0 Å². The van der Waals surface area contributed by atoms with E-state index in [1.165, 1.54) is 6.20 Å². The minimum atomic E-state index is -0.229. The summed E-state index contributed by atoms with van der Waals surface area (Å²) in [4.78, 5) is 12.5. The van der Waals surface area contributed by atoms with Crippen molar-refractivity contribution in [3.8, 4) is 11.3 Å². The molecule has 0 aliphatic heterocycles. The molecule has 110 valence electrons. The highest BCUT2D eigenvalue weighted by Gasteiger charge is 2.15. The lowest BCUT2D eigenvalue weighted by Gasteiger charge is -2.07. The Morgan fingerprint density at radius 1 is 1.18 bits per heavy atom. The van der Waals surface area contributed by atoms with Gasteiger partial charge in [-0.05, 0) is 24.6 Å². The molecule has 1 amide bonds. The molecular formula is C17H14ClN3O. The topological polar surface area (TPSA) is 57.8 Å². The minimum Gasteiger partial charge on any atom is -0.322 e. The van der Waals surface area contributed by atoms with Crippen molar-refractivity contribution in [1.82, 2.24) is 10.2 Å². The second-order valence-electron chi connectivity index (χ2n) is 4.94. The Labute approximate surface area is 133 Å². The van der Waals surface area contributed by atoms with E-state index in [0.29, 0.717) is 22.0 Å². The highest BCUT2D eigenvalue weighted by Crippen LogP contribution is 2.23. The van der Waals surface area contributed by atoms with Crippen LogP contribution < -0.4 is 5.32 Å². The van der Waals surface area contributed by atoms with Crippen molar-refractivity contribution in [3.05, 3.63) is 70.9 Å². The zero-order chi connectivity index (χ0) is 15.5. The van der Waals surface area contributed by atoms with Crippen molar-refractivity contribution in [2.45, 2.75) is 6.92 Å². The van der Waals surface area contributed by atoms with Gasteiger partial charge < -0.3 is 5.32 Å². The molecule has 2 aromatic carbocycles. The predicted molar refractivity (Wildman–Crippen MR) is 88.2 cm³/mol. The van der Waals surface area contributed by atoms with E-state index in [1.54, 1.807) is 6.07 Å². The third-order valence-corrected chi connectivity index (χ3v) is 3.78. The van der Waals surface area contributed by atoms with E-state index in [1.807, 2.05) is 49.4 Å². The average molecular weight is 312 g/mol. The first-order chi connectivity index (χ1) is 10.6. The lowest BCUT2D eigenvalue weighted by atomic mass is 10.1. The van der Waals surface area contributed by atoms with Crippen LogP contribution in [0.15, 0.2) is 54.7 Å². The molecule has 0 bridgehead atoms. The molecule has 0 fully saturated rings. The summed E-state index contributed by atoms with van der Waals surface area (Å²) in [6.45, 7) is 1.91. The Bertz CT molecular complexity index is 812. The molecule has 0 aliphatic rings. The fraction of sp³-hybridized carbons (Fsp3) is 0.0588. The molecule has 3 aromatic rings. The van der Waals surface area contributed by atoms with Crippen LogP contribution in [0.25, 0.3) is 11.3 Å². The summed E-state index contributed by atoms with van der Waals surface area (Å²) >= 11 is 6.08. The normalized spacial score (nSPS) is 10.5. The van der Waals surface area contributed by atoms with Crippen LogP contribution in [0.1, 0.15) is 15.9 Å². The number of nitrogens with one attached hydrogen (secondary N) is 2. The SMILES string of the molecule is Cc1ccc(NC(=O)c2cn[nH]c2-c2ccccc2)cc1Cl. The van der Waals surface area contributed by atoms with Crippen LogP contribution in [0, 0.1) is 6.92 Å². The Kier molecular flexibility index (Phi) is 3.94. The van der Waals surface area contributed by atoms with Gasteiger partial charge in [0.25, 0.3) is 5.91 Å². The predicted octanol–water partition coefficient (Wildman–Crippen LogP) is 4.29. The van der Waals surface area contributed by atoms with Crippen molar-refractivity contribution in [2.24, 2.45) is 0 Å². The fourth-order valence-corrected chi connectivity index (χ4v) is 2.33. The lowest BCUT2D eigenvalue weighted by Crippen LogP contribution is -2.12. The number of aromatic amines is 1. The average Bonchev–Trinajstić information content (AvgIpc) is 3.01.